The molecule has 0 saturated carbocycles. The summed E-state index contributed by atoms with van der Waals surface area (Å²) in [5, 5.41) is 8.87. The number of rotatable bonds is 5. The molecule has 0 aromatic heterocycles. The van der Waals surface area contributed by atoms with E-state index >= 15 is 0 Å². The molecule has 106 valence electrons. The molecule has 0 aliphatic carbocycles. The molecule has 1 fully saturated rings. The minimum Gasteiger partial charge on any atom is -0.480 e. The lowest BCUT2D eigenvalue weighted by atomic mass is 10.2. The number of nitrogens with one attached hydrogen (secondary N) is 1. The van der Waals surface area contributed by atoms with Crippen molar-refractivity contribution in [1.29, 1.82) is 0 Å². The Kier molecular flexibility index (Phi) is 5.09. The number of aliphatic carboxylic acids is 1. The van der Waals surface area contributed by atoms with E-state index in [9.17, 15) is 13.2 Å². The second-order valence-corrected chi connectivity index (χ2v) is 6.20. The number of ether oxygens (including phenoxy) is 1. The summed E-state index contributed by atoms with van der Waals surface area (Å²) in [7, 11) is -3.78. The summed E-state index contributed by atoms with van der Waals surface area (Å²) in [5.74, 6) is -1.17. The fourth-order valence-electron chi connectivity index (χ4n) is 1.89. The van der Waals surface area contributed by atoms with Gasteiger partial charge in [0, 0.05) is 13.1 Å². The molecule has 1 aliphatic heterocycles. The van der Waals surface area contributed by atoms with Gasteiger partial charge in [0.1, 0.15) is 6.04 Å². The van der Waals surface area contributed by atoms with Crippen LogP contribution in [0.15, 0.2) is 0 Å². The molecule has 1 saturated heterocycles. The summed E-state index contributed by atoms with van der Waals surface area (Å²) < 4.78 is 33.0. The first-order chi connectivity index (χ1) is 8.26. The maximum atomic E-state index is 12.0. The van der Waals surface area contributed by atoms with E-state index in [2.05, 4.69) is 4.72 Å². The topological polar surface area (TPSA) is 95.9 Å². The molecule has 0 aromatic carbocycles. The molecule has 1 aliphatic rings. The maximum Gasteiger partial charge on any atom is 0.321 e. The quantitative estimate of drug-likeness (QED) is 0.726. The zero-order valence-electron chi connectivity index (χ0n) is 10.8. The average Bonchev–Trinajstić information content (AvgIpc) is 2.24. The van der Waals surface area contributed by atoms with E-state index in [1.54, 1.807) is 20.8 Å². The second-order valence-electron chi connectivity index (χ2n) is 4.50. The van der Waals surface area contributed by atoms with Gasteiger partial charge in [-0.3, -0.25) is 4.79 Å². The molecule has 8 heteroatoms. The van der Waals surface area contributed by atoms with Crippen molar-refractivity contribution >= 4 is 16.2 Å². The summed E-state index contributed by atoms with van der Waals surface area (Å²) in [6.07, 6.45) is -0.199. The highest BCUT2D eigenvalue weighted by atomic mass is 32.2. The van der Waals surface area contributed by atoms with Gasteiger partial charge >= 0.3 is 5.97 Å². The van der Waals surface area contributed by atoms with Crippen LogP contribution < -0.4 is 4.72 Å². The lowest BCUT2D eigenvalue weighted by Gasteiger charge is -2.34. The Balaban J connectivity index is 2.76. The molecule has 0 aromatic rings. The molecule has 0 bridgehead atoms. The number of hydrogen-bond donors (Lipinski definition) is 2. The fraction of sp³-hybridized carbons (Fsp3) is 0.900. The minimum absolute atomic E-state index is 0.198. The van der Waals surface area contributed by atoms with Crippen molar-refractivity contribution in [2.24, 2.45) is 0 Å². The first kappa shape index (κ1) is 15.4. The average molecular weight is 280 g/mol. The van der Waals surface area contributed by atoms with Crippen LogP contribution in [0.25, 0.3) is 0 Å². The third kappa shape index (κ3) is 3.91. The molecule has 2 unspecified atom stereocenters. The Bertz CT molecular complexity index is 387. The molecule has 1 rings (SSSR count). The van der Waals surface area contributed by atoms with Gasteiger partial charge in [-0.05, 0) is 20.3 Å². The van der Waals surface area contributed by atoms with Gasteiger partial charge in [-0.25, -0.2) is 0 Å². The molecular formula is C10H20N2O5S. The highest BCUT2D eigenvalue weighted by Gasteiger charge is 2.33. The molecule has 3 atom stereocenters. The largest absolute Gasteiger partial charge is 0.480 e. The van der Waals surface area contributed by atoms with Crippen molar-refractivity contribution in [2.45, 2.75) is 45.4 Å². The van der Waals surface area contributed by atoms with Crippen LogP contribution in [-0.4, -0.2) is 55.1 Å². The van der Waals surface area contributed by atoms with E-state index in [0.29, 0.717) is 0 Å². The number of hydrogen-bond acceptors (Lipinski definition) is 4. The van der Waals surface area contributed by atoms with Crippen molar-refractivity contribution in [1.82, 2.24) is 9.03 Å². The molecule has 2 N–H and O–H groups in total. The first-order valence-electron chi connectivity index (χ1n) is 5.92. The number of morpholine rings is 1. The lowest BCUT2D eigenvalue weighted by Crippen LogP contribution is -2.54. The Morgan fingerprint density at radius 1 is 1.44 bits per heavy atom. The molecular weight excluding hydrogens is 260 g/mol. The van der Waals surface area contributed by atoms with Gasteiger partial charge in [-0.1, -0.05) is 6.92 Å². The third-order valence-electron chi connectivity index (χ3n) is 2.72. The number of carbonyl (C=O) groups is 1. The summed E-state index contributed by atoms with van der Waals surface area (Å²) in [6.45, 7) is 5.65. The van der Waals surface area contributed by atoms with Gasteiger partial charge in [0.15, 0.2) is 0 Å². The molecule has 18 heavy (non-hydrogen) atoms. The van der Waals surface area contributed by atoms with Gasteiger partial charge in [0.25, 0.3) is 10.2 Å². The second kappa shape index (κ2) is 5.96. The van der Waals surface area contributed by atoms with Crippen LogP contribution in [-0.2, 0) is 19.7 Å². The lowest BCUT2D eigenvalue weighted by molar-refractivity contribution is -0.139. The van der Waals surface area contributed by atoms with E-state index in [-0.39, 0.29) is 31.7 Å². The number of carboxylic acid groups (broad SMARTS) is 1. The van der Waals surface area contributed by atoms with Gasteiger partial charge < -0.3 is 9.84 Å². The van der Waals surface area contributed by atoms with Gasteiger partial charge in [-0.2, -0.15) is 17.4 Å². The van der Waals surface area contributed by atoms with Crippen LogP contribution in [0.1, 0.15) is 27.2 Å². The zero-order chi connectivity index (χ0) is 13.9. The monoisotopic (exact) mass is 280 g/mol. The molecule has 7 nitrogen and oxygen atoms in total. The summed E-state index contributed by atoms with van der Waals surface area (Å²) in [4.78, 5) is 10.8. The molecule has 0 spiro atoms. The summed E-state index contributed by atoms with van der Waals surface area (Å²) in [6, 6.07) is -1.09. The number of carboxylic acids is 1. The van der Waals surface area contributed by atoms with E-state index in [4.69, 9.17) is 9.84 Å². The Hall–Kier alpha value is -0.700. The van der Waals surface area contributed by atoms with Crippen LogP contribution in [0, 0.1) is 0 Å². The highest BCUT2D eigenvalue weighted by molar-refractivity contribution is 7.87. The zero-order valence-corrected chi connectivity index (χ0v) is 11.6. The van der Waals surface area contributed by atoms with Gasteiger partial charge in [-0.15, -0.1) is 0 Å². The Labute approximate surface area is 107 Å². The Morgan fingerprint density at radius 2 is 1.94 bits per heavy atom. The molecule has 0 radical (unpaired) electrons. The molecule has 0 amide bonds. The van der Waals surface area contributed by atoms with Gasteiger partial charge in [0.05, 0.1) is 12.2 Å². The van der Waals surface area contributed by atoms with E-state index < -0.39 is 22.2 Å². The van der Waals surface area contributed by atoms with Crippen molar-refractivity contribution in [3.05, 3.63) is 0 Å². The van der Waals surface area contributed by atoms with Crippen molar-refractivity contribution < 1.29 is 23.1 Å². The summed E-state index contributed by atoms with van der Waals surface area (Å²) >= 11 is 0. The van der Waals surface area contributed by atoms with Gasteiger partial charge in [0.2, 0.25) is 0 Å². The van der Waals surface area contributed by atoms with E-state index in [1.807, 2.05) is 0 Å². The van der Waals surface area contributed by atoms with Crippen LogP contribution in [0.5, 0.6) is 0 Å². The fourth-order valence-corrected chi connectivity index (χ4v) is 3.48. The van der Waals surface area contributed by atoms with Crippen LogP contribution >= 0.6 is 0 Å². The van der Waals surface area contributed by atoms with Crippen LogP contribution in [0.4, 0.5) is 0 Å². The maximum absolute atomic E-state index is 12.0. The van der Waals surface area contributed by atoms with Crippen LogP contribution in [0.3, 0.4) is 0 Å². The van der Waals surface area contributed by atoms with E-state index in [1.165, 1.54) is 4.31 Å². The minimum atomic E-state index is -3.78. The van der Waals surface area contributed by atoms with Crippen molar-refractivity contribution in [3.8, 4) is 0 Å². The SMILES string of the molecule is CC[C@@H](NS(=O)(=O)N1CC(C)OC(C)C1)C(=O)O. The predicted molar refractivity (Wildman–Crippen MR) is 65.4 cm³/mol. The van der Waals surface area contributed by atoms with Crippen molar-refractivity contribution in [2.75, 3.05) is 13.1 Å². The molecule has 1 heterocycles. The smallest absolute Gasteiger partial charge is 0.321 e. The first-order valence-corrected chi connectivity index (χ1v) is 7.36. The summed E-state index contributed by atoms with van der Waals surface area (Å²) in [5.41, 5.74) is 0. The Morgan fingerprint density at radius 3 is 2.33 bits per heavy atom. The van der Waals surface area contributed by atoms with E-state index in [0.717, 1.165) is 0 Å². The predicted octanol–water partition coefficient (Wildman–Crippen LogP) is -0.207. The van der Waals surface area contributed by atoms with Crippen LogP contribution in [0.2, 0.25) is 0 Å². The number of nitrogens with zero attached hydrogens (tertiary/aromatic N) is 1. The third-order valence-corrected chi connectivity index (χ3v) is 4.28. The van der Waals surface area contributed by atoms with Crippen molar-refractivity contribution in [3.63, 3.8) is 0 Å². The highest BCUT2D eigenvalue weighted by Crippen LogP contribution is 2.14. The standard InChI is InChI=1S/C10H20N2O5S/c1-4-9(10(13)14)11-18(15,16)12-5-7(2)17-8(3)6-12/h7-9,11H,4-6H2,1-3H3,(H,13,14)/t7?,8?,9-/m1/s1. The normalized spacial score (nSPS) is 27.9.